The zero-order chi connectivity index (χ0) is 10.1. The van der Waals surface area contributed by atoms with Crippen molar-refractivity contribution in [2.75, 3.05) is 12.8 Å². The number of hydrogen-bond acceptors (Lipinski definition) is 2. The number of rotatable bonds is 2. The van der Waals surface area contributed by atoms with E-state index in [0.29, 0.717) is 6.61 Å². The highest BCUT2D eigenvalue weighted by atomic mass is 16.5. The van der Waals surface area contributed by atoms with Gasteiger partial charge >= 0.3 is 0 Å². The van der Waals surface area contributed by atoms with Gasteiger partial charge in [0.15, 0.2) is 0 Å². The molecule has 2 nitrogen and oxygen atoms in total. The molecule has 0 aliphatic carbocycles. The maximum absolute atomic E-state index is 6.75. The molecule has 0 atom stereocenters. The Morgan fingerprint density at radius 3 is 2.42 bits per heavy atom. The van der Waals surface area contributed by atoms with Crippen LogP contribution in [0.3, 0.4) is 0 Å². The van der Waals surface area contributed by atoms with Gasteiger partial charge in [-0.15, -0.1) is 0 Å². The third-order valence-corrected chi connectivity index (χ3v) is 1.25. The average Bonchev–Trinajstić information content (AvgIpc) is 2.20. The number of nitrogen functional groups attached to an aromatic ring is 1. The first-order valence-electron chi connectivity index (χ1n) is 4.75. The van der Waals surface area contributed by atoms with Gasteiger partial charge in [-0.2, -0.15) is 0 Å². The number of anilines is 1. The SMILES string of the molecule is CC.[2H]COCc1ccc(N)cc1. The van der Waals surface area contributed by atoms with Crippen molar-refractivity contribution in [2.45, 2.75) is 20.5 Å². The third kappa shape index (κ3) is 3.98. The second-order valence-corrected chi connectivity index (χ2v) is 2.09. The van der Waals surface area contributed by atoms with E-state index in [4.69, 9.17) is 11.8 Å². The molecule has 0 amide bonds. The maximum Gasteiger partial charge on any atom is 0.0713 e. The second-order valence-electron chi connectivity index (χ2n) is 2.09. The highest BCUT2D eigenvalue weighted by Crippen LogP contribution is 2.05. The van der Waals surface area contributed by atoms with Gasteiger partial charge in [-0.1, -0.05) is 26.0 Å². The minimum absolute atomic E-state index is 0.00434. The van der Waals surface area contributed by atoms with Crippen LogP contribution >= 0.6 is 0 Å². The van der Waals surface area contributed by atoms with E-state index in [9.17, 15) is 0 Å². The van der Waals surface area contributed by atoms with E-state index in [1.165, 1.54) is 0 Å². The molecule has 2 N–H and O–H groups in total. The van der Waals surface area contributed by atoms with Crippen LogP contribution in [-0.4, -0.2) is 7.09 Å². The van der Waals surface area contributed by atoms with E-state index in [0.717, 1.165) is 11.3 Å². The number of benzene rings is 1. The number of ether oxygens (including phenoxy) is 1. The number of methoxy groups -OCH3 is 1. The first-order chi connectivity index (χ1) is 6.33. The molecule has 1 rings (SSSR count). The lowest BCUT2D eigenvalue weighted by molar-refractivity contribution is 0.185. The molecule has 0 saturated heterocycles. The number of nitrogens with two attached hydrogens (primary N) is 1. The molecule has 0 unspecified atom stereocenters. The molecule has 1 aromatic rings. The molecule has 0 aliphatic heterocycles. The molecule has 0 aromatic heterocycles. The molecular formula is C10H17NO. The van der Waals surface area contributed by atoms with Crippen LogP contribution < -0.4 is 5.73 Å². The van der Waals surface area contributed by atoms with Gasteiger partial charge in [0.25, 0.3) is 0 Å². The fraction of sp³-hybridized carbons (Fsp3) is 0.400. The van der Waals surface area contributed by atoms with Crippen molar-refractivity contribution in [3.8, 4) is 0 Å². The summed E-state index contributed by atoms with van der Waals surface area (Å²) in [5.41, 5.74) is 7.27. The van der Waals surface area contributed by atoms with Crippen molar-refractivity contribution < 1.29 is 6.11 Å². The standard InChI is InChI=1S/C8H11NO.C2H6/c1-10-6-7-2-4-8(9)5-3-7;1-2/h2-5H,6,9H2,1H3;1-2H3/i1D;. The molecule has 1 aromatic carbocycles. The van der Waals surface area contributed by atoms with Crippen LogP contribution in [0.5, 0.6) is 0 Å². The van der Waals surface area contributed by atoms with E-state index in [2.05, 4.69) is 0 Å². The summed E-state index contributed by atoms with van der Waals surface area (Å²) in [6.45, 7) is 4.49. The molecule has 0 radical (unpaired) electrons. The first kappa shape index (κ1) is 9.07. The Hall–Kier alpha value is -1.02. The van der Waals surface area contributed by atoms with Gasteiger partial charge in [-0.25, -0.2) is 0 Å². The molecule has 68 valence electrons. The summed E-state index contributed by atoms with van der Waals surface area (Å²) in [6.07, 6.45) is 0. The van der Waals surface area contributed by atoms with Crippen molar-refractivity contribution >= 4 is 5.69 Å². The van der Waals surface area contributed by atoms with E-state index >= 15 is 0 Å². The van der Waals surface area contributed by atoms with Crippen LogP contribution in [-0.2, 0) is 11.3 Å². The molecule has 0 fully saturated rings. The summed E-state index contributed by atoms with van der Waals surface area (Å²) in [7, 11) is 0.00434. The summed E-state index contributed by atoms with van der Waals surface area (Å²) in [6, 6.07) is 7.43. The molecule has 12 heavy (non-hydrogen) atoms. The first-order valence-corrected chi connectivity index (χ1v) is 4.04. The van der Waals surface area contributed by atoms with Gasteiger partial charge in [0.05, 0.1) is 7.98 Å². The van der Waals surface area contributed by atoms with Gasteiger partial charge in [0.2, 0.25) is 0 Å². The lowest BCUT2D eigenvalue weighted by atomic mass is 10.2. The highest BCUT2D eigenvalue weighted by Gasteiger charge is 1.88. The van der Waals surface area contributed by atoms with Gasteiger partial charge < -0.3 is 10.5 Å². The Morgan fingerprint density at radius 1 is 1.33 bits per heavy atom. The topological polar surface area (TPSA) is 35.2 Å². The van der Waals surface area contributed by atoms with Gasteiger partial charge in [-0.05, 0) is 17.7 Å². The Balaban J connectivity index is 0.000000671. The second kappa shape index (κ2) is 6.68. The van der Waals surface area contributed by atoms with E-state index in [-0.39, 0.29) is 7.09 Å². The maximum atomic E-state index is 6.75. The average molecular weight is 168 g/mol. The van der Waals surface area contributed by atoms with Crippen molar-refractivity contribution in [3.05, 3.63) is 29.8 Å². The van der Waals surface area contributed by atoms with Crippen LogP contribution in [0.4, 0.5) is 5.69 Å². The minimum Gasteiger partial charge on any atom is -0.399 e. The summed E-state index contributed by atoms with van der Waals surface area (Å²) < 4.78 is 11.6. The molecule has 0 spiro atoms. The number of hydrogen-bond donors (Lipinski definition) is 1. The highest BCUT2D eigenvalue weighted by molar-refractivity contribution is 5.38. The van der Waals surface area contributed by atoms with Gasteiger partial charge in [0.1, 0.15) is 0 Å². The van der Waals surface area contributed by atoms with Crippen molar-refractivity contribution in [1.29, 1.82) is 0 Å². The van der Waals surface area contributed by atoms with Crippen LogP contribution in [0.2, 0.25) is 0 Å². The van der Waals surface area contributed by atoms with Gasteiger partial charge in [0, 0.05) is 12.8 Å². The van der Waals surface area contributed by atoms with E-state index in [1.807, 2.05) is 38.1 Å². The monoisotopic (exact) mass is 168 g/mol. The normalized spacial score (nSPS) is 9.67. The quantitative estimate of drug-likeness (QED) is 0.688. The van der Waals surface area contributed by atoms with Crippen LogP contribution in [0, 0.1) is 0 Å². The molecule has 0 heterocycles. The predicted molar refractivity (Wildman–Crippen MR) is 52.9 cm³/mol. The zero-order valence-electron chi connectivity index (χ0n) is 8.71. The predicted octanol–water partition coefficient (Wildman–Crippen LogP) is 2.44. The largest absolute Gasteiger partial charge is 0.399 e. The van der Waals surface area contributed by atoms with Crippen molar-refractivity contribution in [3.63, 3.8) is 0 Å². The third-order valence-electron chi connectivity index (χ3n) is 1.25. The molecule has 0 saturated carbocycles. The van der Waals surface area contributed by atoms with Crippen molar-refractivity contribution in [1.82, 2.24) is 0 Å². The Morgan fingerprint density at radius 2 is 1.92 bits per heavy atom. The molecule has 0 bridgehead atoms. The fourth-order valence-electron chi connectivity index (χ4n) is 0.732. The lowest BCUT2D eigenvalue weighted by Gasteiger charge is -1.98. The molecule has 2 heteroatoms. The Kier molecular flexibility index (Phi) is 5.05. The molecular weight excluding hydrogens is 150 g/mol. The van der Waals surface area contributed by atoms with Crippen LogP contribution in [0.1, 0.15) is 20.8 Å². The fourth-order valence-corrected chi connectivity index (χ4v) is 0.732. The Bertz CT molecular complexity index is 211. The van der Waals surface area contributed by atoms with E-state index in [1.54, 1.807) is 0 Å². The smallest absolute Gasteiger partial charge is 0.0713 e. The summed E-state index contributed by atoms with van der Waals surface area (Å²) in [4.78, 5) is 0. The lowest BCUT2D eigenvalue weighted by Crippen LogP contribution is -1.88. The Labute approximate surface area is 75.8 Å². The summed E-state index contributed by atoms with van der Waals surface area (Å²) in [5.74, 6) is 0. The zero-order valence-corrected chi connectivity index (χ0v) is 7.71. The minimum atomic E-state index is 0.00434. The summed E-state index contributed by atoms with van der Waals surface area (Å²) >= 11 is 0. The molecule has 0 aliphatic rings. The van der Waals surface area contributed by atoms with Crippen molar-refractivity contribution in [2.24, 2.45) is 0 Å². The van der Waals surface area contributed by atoms with Gasteiger partial charge in [-0.3, -0.25) is 0 Å². The van der Waals surface area contributed by atoms with Crippen LogP contribution in [0.25, 0.3) is 0 Å². The van der Waals surface area contributed by atoms with E-state index < -0.39 is 0 Å². The summed E-state index contributed by atoms with van der Waals surface area (Å²) in [5, 5.41) is 0. The van der Waals surface area contributed by atoms with Crippen LogP contribution in [0.15, 0.2) is 24.3 Å².